The molecule has 4 aromatic rings. The van der Waals surface area contributed by atoms with Gasteiger partial charge in [0.2, 0.25) is 10.0 Å². The van der Waals surface area contributed by atoms with Gasteiger partial charge >= 0.3 is 0 Å². The largest absolute Gasteiger partial charge is 0.342 e. The molecule has 9 heteroatoms. The van der Waals surface area contributed by atoms with Crippen molar-refractivity contribution in [1.29, 1.82) is 0 Å². The van der Waals surface area contributed by atoms with E-state index >= 15 is 0 Å². The Kier molecular flexibility index (Phi) is 6.24. The fraction of sp³-hybridized carbons (Fsp3) is 0.200. The van der Waals surface area contributed by atoms with Crippen LogP contribution in [0.25, 0.3) is 11.0 Å². The third-order valence-corrected chi connectivity index (χ3v) is 8.49. The Balaban J connectivity index is 1.23. The number of para-hydroxylation sites is 2. The van der Waals surface area contributed by atoms with Gasteiger partial charge in [-0.25, -0.2) is 13.4 Å². The summed E-state index contributed by atoms with van der Waals surface area (Å²) in [5.41, 5.74) is 2.98. The van der Waals surface area contributed by atoms with E-state index in [4.69, 9.17) is 0 Å². The van der Waals surface area contributed by atoms with Crippen LogP contribution in [0.15, 0.2) is 82.2 Å². The highest BCUT2D eigenvalue weighted by molar-refractivity contribution is 9.10. The molecule has 0 radical (unpaired) electrons. The molecule has 2 N–H and O–H groups in total. The number of halogens is 1. The van der Waals surface area contributed by atoms with Crippen LogP contribution < -0.4 is 5.32 Å². The summed E-state index contributed by atoms with van der Waals surface area (Å²) in [6, 6.07) is 21.3. The predicted molar refractivity (Wildman–Crippen MR) is 135 cm³/mol. The number of hydrogen-bond donors (Lipinski definition) is 2. The molecule has 34 heavy (non-hydrogen) atoms. The molecule has 1 amide bonds. The number of hydrogen-bond acceptors (Lipinski definition) is 4. The minimum absolute atomic E-state index is 0.203. The summed E-state index contributed by atoms with van der Waals surface area (Å²) in [5.74, 6) is 0.864. The van der Waals surface area contributed by atoms with Crippen LogP contribution in [0.5, 0.6) is 0 Å². The molecule has 1 aliphatic heterocycles. The van der Waals surface area contributed by atoms with Crippen LogP contribution >= 0.6 is 15.9 Å². The number of benzene rings is 3. The van der Waals surface area contributed by atoms with E-state index in [2.05, 4.69) is 31.2 Å². The second-order valence-corrected chi connectivity index (χ2v) is 11.2. The SMILES string of the molecule is O=C(Nc1ccc(S(=O)(=O)N2CCC(c3nc4ccccc4[nH]3)CC2)cc1)c1cccc(Br)c1. The Morgan fingerprint density at radius 1 is 1.00 bits per heavy atom. The zero-order valence-electron chi connectivity index (χ0n) is 18.2. The summed E-state index contributed by atoms with van der Waals surface area (Å²) >= 11 is 3.35. The third-order valence-electron chi connectivity index (χ3n) is 6.09. The zero-order chi connectivity index (χ0) is 23.7. The minimum atomic E-state index is -3.61. The number of amides is 1. The molecule has 2 heterocycles. The first kappa shape index (κ1) is 22.8. The summed E-state index contributed by atoms with van der Waals surface area (Å²) in [4.78, 5) is 20.7. The number of carbonyl (C=O) groups excluding carboxylic acids is 1. The monoisotopic (exact) mass is 538 g/mol. The number of rotatable bonds is 5. The highest BCUT2D eigenvalue weighted by Gasteiger charge is 2.31. The zero-order valence-corrected chi connectivity index (χ0v) is 20.6. The highest BCUT2D eigenvalue weighted by Crippen LogP contribution is 2.30. The lowest BCUT2D eigenvalue weighted by Crippen LogP contribution is -2.38. The summed E-state index contributed by atoms with van der Waals surface area (Å²) in [6.45, 7) is 0.872. The van der Waals surface area contributed by atoms with Gasteiger partial charge in [0, 0.05) is 34.7 Å². The molecule has 0 unspecified atom stereocenters. The fourth-order valence-corrected chi connectivity index (χ4v) is 6.10. The number of nitrogens with one attached hydrogen (secondary N) is 2. The van der Waals surface area contributed by atoms with Crippen molar-refractivity contribution in [2.75, 3.05) is 18.4 Å². The van der Waals surface area contributed by atoms with Crippen molar-refractivity contribution in [1.82, 2.24) is 14.3 Å². The molecule has 1 fully saturated rings. The lowest BCUT2D eigenvalue weighted by Gasteiger charge is -2.30. The van der Waals surface area contributed by atoms with Gasteiger partial charge in [0.1, 0.15) is 5.82 Å². The smallest absolute Gasteiger partial charge is 0.255 e. The molecule has 1 aliphatic rings. The topological polar surface area (TPSA) is 95.2 Å². The van der Waals surface area contributed by atoms with E-state index in [1.165, 1.54) is 16.4 Å². The van der Waals surface area contributed by atoms with Gasteiger partial charge in [-0.3, -0.25) is 4.79 Å². The summed E-state index contributed by atoms with van der Waals surface area (Å²) in [7, 11) is -3.61. The molecule has 0 spiro atoms. The van der Waals surface area contributed by atoms with Crippen molar-refractivity contribution < 1.29 is 13.2 Å². The fourth-order valence-electron chi connectivity index (χ4n) is 4.23. The van der Waals surface area contributed by atoms with Crippen molar-refractivity contribution in [3.05, 3.63) is 88.7 Å². The summed E-state index contributed by atoms with van der Waals surface area (Å²) in [6.07, 6.45) is 1.42. The highest BCUT2D eigenvalue weighted by atomic mass is 79.9. The lowest BCUT2D eigenvalue weighted by atomic mass is 9.97. The van der Waals surface area contributed by atoms with E-state index in [0.717, 1.165) is 21.3 Å². The molecule has 0 saturated carbocycles. The number of sulfonamides is 1. The molecular formula is C25H23BrN4O3S. The summed E-state index contributed by atoms with van der Waals surface area (Å²) in [5, 5.41) is 2.80. The number of nitrogens with zero attached hydrogens (tertiary/aromatic N) is 2. The average Bonchev–Trinajstić information content (AvgIpc) is 3.29. The van der Waals surface area contributed by atoms with Crippen LogP contribution in [0.2, 0.25) is 0 Å². The maximum absolute atomic E-state index is 13.2. The van der Waals surface area contributed by atoms with E-state index < -0.39 is 10.0 Å². The molecule has 1 aromatic heterocycles. The first-order chi connectivity index (χ1) is 16.4. The molecule has 0 aliphatic carbocycles. The van der Waals surface area contributed by atoms with Crippen LogP contribution in [0.3, 0.4) is 0 Å². The number of carbonyl (C=O) groups is 1. The van der Waals surface area contributed by atoms with Crippen LogP contribution in [0.1, 0.15) is 34.9 Å². The van der Waals surface area contributed by atoms with Crippen molar-refractivity contribution in [3.63, 3.8) is 0 Å². The van der Waals surface area contributed by atoms with E-state index in [1.807, 2.05) is 30.3 Å². The van der Waals surface area contributed by atoms with Gasteiger partial charge in [-0.15, -0.1) is 0 Å². The number of fused-ring (bicyclic) bond motifs is 1. The third kappa shape index (κ3) is 4.64. The van der Waals surface area contributed by atoms with Gasteiger partial charge < -0.3 is 10.3 Å². The Hall–Kier alpha value is -3.01. The number of H-pyrrole nitrogens is 1. The van der Waals surface area contributed by atoms with Gasteiger partial charge in [0.05, 0.1) is 15.9 Å². The predicted octanol–water partition coefficient (Wildman–Crippen LogP) is 5.15. The van der Waals surface area contributed by atoms with Crippen LogP contribution in [-0.2, 0) is 10.0 Å². The van der Waals surface area contributed by atoms with Gasteiger partial charge in [0.15, 0.2) is 0 Å². The van der Waals surface area contributed by atoms with E-state index in [-0.39, 0.29) is 16.7 Å². The second kappa shape index (κ2) is 9.32. The molecule has 0 bridgehead atoms. The normalized spacial score (nSPS) is 15.4. The second-order valence-electron chi connectivity index (χ2n) is 8.31. The molecule has 174 valence electrons. The first-order valence-electron chi connectivity index (χ1n) is 11.0. The minimum Gasteiger partial charge on any atom is -0.342 e. The van der Waals surface area contributed by atoms with Crippen molar-refractivity contribution in [2.24, 2.45) is 0 Å². The van der Waals surface area contributed by atoms with Crippen molar-refractivity contribution in [3.8, 4) is 0 Å². The maximum atomic E-state index is 13.2. The maximum Gasteiger partial charge on any atom is 0.255 e. The molecule has 3 aromatic carbocycles. The van der Waals surface area contributed by atoms with E-state index in [1.54, 1.807) is 30.3 Å². The van der Waals surface area contributed by atoms with Crippen molar-refractivity contribution >= 4 is 48.6 Å². The molecule has 7 nitrogen and oxygen atoms in total. The Labute approximate surface area is 206 Å². The molecule has 0 atom stereocenters. The molecule has 5 rings (SSSR count). The van der Waals surface area contributed by atoms with Crippen molar-refractivity contribution in [2.45, 2.75) is 23.7 Å². The van der Waals surface area contributed by atoms with Gasteiger partial charge in [-0.1, -0.05) is 34.1 Å². The number of aromatic nitrogens is 2. The number of imidazole rings is 1. The van der Waals surface area contributed by atoms with Crippen LogP contribution in [0.4, 0.5) is 5.69 Å². The molecule has 1 saturated heterocycles. The lowest BCUT2D eigenvalue weighted by molar-refractivity contribution is 0.102. The Bertz CT molecular complexity index is 1410. The summed E-state index contributed by atoms with van der Waals surface area (Å²) < 4.78 is 28.7. The van der Waals surface area contributed by atoms with E-state index in [0.29, 0.717) is 37.2 Å². The number of aromatic amines is 1. The van der Waals surface area contributed by atoms with Gasteiger partial charge in [-0.05, 0) is 67.4 Å². The molecular weight excluding hydrogens is 516 g/mol. The van der Waals surface area contributed by atoms with Gasteiger partial charge in [-0.2, -0.15) is 4.31 Å². The number of piperidine rings is 1. The van der Waals surface area contributed by atoms with Crippen LogP contribution in [0, 0.1) is 0 Å². The quantitative estimate of drug-likeness (QED) is 0.367. The number of anilines is 1. The van der Waals surface area contributed by atoms with E-state index in [9.17, 15) is 13.2 Å². The van der Waals surface area contributed by atoms with Gasteiger partial charge in [0.25, 0.3) is 5.91 Å². The average molecular weight is 539 g/mol. The Morgan fingerprint density at radius 2 is 1.74 bits per heavy atom. The first-order valence-corrected chi connectivity index (χ1v) is 13.3. The standard InChI is InChI=1S/C25H23BrN4O3S/c26-19-5-3-4-18(16-19)25(31)27-20-8-10-21(11-9-20)34(32,33)30-14-12-17(13-15-30)24-28-22-6-1-2-7-23(22)29-24/h1-11,16-17H,12-15H2,(H,27,31)(H,28,29). The Morgan fingerprint density at radius 3 is 2.44 bits per heavy atom. The van der Waals surface area contributed by atoms with Crippen LogP contribution in [-0.4, -0.2) is 41.7 Å².